The Kier molecular flexibility index (Phi) is 4.31. The zero-order chi connectivity index (χ0) is 14.7. The summed E-state index contributed by atoms with van der Waals surface area (Å²) in [6.07, 6.45) is 3.93. The van der Waals surface area contributed by atoms with Gasteiger partial charge in [0.25, 0.3) is 0 Å². The van der Waals surface area contributed by atoms with E-state index in [0.29, 0.717) is 0 Å². The summed E-state index contributed by atoms with van der Waals surface area (Å²) in [5.41, 5.74) is 4.20. The Balaban J connectivity index is 1.97. The zero-order valence-corrected chi connectivity index (χ0v) is 13.2. The van der Waals surface area contributed by atoms with Crippen molar-refractivity contribution in [1.82, 2.24) is 19.9 Å². The largest absolute Gasteiger partial charge is 0.328 e. The quantitative estimate of drug-likeness (QED) is 0.758. The molecule has 0 saturated heterocycles. The molecule has 0 amide bonds. The molecular formula is C16H20N4S. The van der Waals surface area contributed by atoms with Gasteiger partial charge in [-0.2, -0.15) is 0 Å². The van der Waals surface area contributed by atoms with Crippen LogP contribution in [0, 0.1) is 0 Å². The Hall–Kier alpha value is -1.72. The molecule has 0 radical (unpaired) electrons. The molecule has 0 aliphatic rings. The number of nitrogens with zero attached hydrogens (tertiary/aromatic N) is 3. The van der Waals surface area contributed by atoms with Crippen LogP contribution >= 0.6 is 11.3 Å². The number of likely N-dealkylation sites (N-methyl/N-ethyl adjacent to an activating group) is 1. The minimum absolute atomic E-state index is 0.268. The molecular weight excluding hydrogens is 280 g/mol. The Labute approximate surface area is 128 Å². The molecule has 1 aromatic carbocycles. The number of nitrogens with one attached hydrogen (secondary N) is 1. The van der Waals surface area contributed by atoms with Gasteiger partial charge in [0, 0.05) is 30.1 Å². The molecule has 0 aliphatic heterocycles. The van der Waals surface area contributed by atoms with Crippen molar-refractivity contribution in [2.24, 2.45) is 0 Å². The molecule has 0 bridgehead atoms. The minimum atomic E-state index is 0.268. The third-order valence-corrected chi connectivity index (χ3v) is 4.60. The monoisotopic (exact) mass is 300 g/mol. The van der Waals surface area contributed by atoms with Gasteiger partial charge in [-0.1, -0.05) is 19.1 Å². The molecule has 0 spiro atoms. The van der Waals surface area contributed by atoms with E-state index in [0.717, 1.165) is 30.7 Å². The maximum Gasteiger partial charge on any atom is 0.111 e. The lowest BCUT2D eigenvalue weighted by Crippen LogP contribution is -2.20. The van der Waals surface area contributed by atoms with Crippen molar-refractivity contribution in [3.63, 3.8) is 0 Å². The van der Waals surface area contributed by atoms with Crippen LogP contribution < -0.4 is 5.32 Å². The van der Waals surface area contributed by atoms with Crippen molar-refractivity contribution in [2.75, 3.05) is 7.05 Å². The van der Waals surface area contributed by atoms with Crippen molar-refractivity contribution < 1.29 is 0 Å². The van der Waals surface area contributed by atoms with Gasteiger partial charge < -0.3 is 9.88 Å². The zero-order valence-electron chi connectivity index (χ0n) is 12.4. The highest BCUT2D eigenvalue weighted by atomic mass is 32.1. The van der Waals surface area contributed by atoms with E-state index in [9.17, 15) is 0 Å². The lowest BCUT2D eigenvalue weighted by molar-refractivity contribution is 0.554. The standard InChI is InChI=1S/C16H20N4S/c1-3-8-20-14-7-5-4-6-12(14)19-16(20)9-13(17-2)15-10-18-11-21-15/h4-7,10-11,13,17H,3,8-9H2,1-2H3. The Morgan fingerprint density at radius 3 is 2.90 bits per heavy atom. The molecule has 5 heteroatoms. The number of fused-ring (bicyclic) bond motifs is 1. The van der Waals surface area contributed by atoms with E-state index in [1.807, 2.05) is 24.8 Å². The number of para-hydroxylation sites is 2. The van der Waals surface area contributed by atoms with E-state index in [1.165, 1.54) is 10.4 Å². The third kappa shape index (κ3) is 2.84. The van der Waals surface area contributed by atoms with E-state index in [2.05, 4.69) is 40.0 Å². The molecule has 1 atom stereocenters. The SMILES string of the molecule is CCCn1c(CC(NC)c2cncs2)nc2ccccc21. The predicted molar refractivity (Wildman–Crippen MR) is 87.6 cm³/mol. The first-order chi connectivity index (χ1) is 10.3. The van der Waals surface area contributed by atoms with Gasteiger partial charge in [0.15, 0.2) is 0 Å². The summed E-state index contributed by atoms with van der Waals surface area (Å²) in [6.45, 7) is 3.21. The summed E-state index contributed by atoms with van der Waals surface area (Å²) < 4.78 is 2.35. The molecule has 1 unspecified atom stereocenters. The van der Waals surface area contributed by atoms with Crippen LogP contribution in [0.1, 0.15) is 30.1 Å². The first-order valence-corrected chi connectivity index (χ1v) is 8.21. The van der Waals surface area contributed by atoms with Crippen LogP contribution in [0.4, 0.5) is 0 Å². The molecule has 110 valence electrons. The third-order valence-electron chi connectivity index (χ3n) is 3.71. The van der Waals surface area contributed by atoms with Crippen molar-refractivity contribution in [3.8, 4) is 0 Å². The summed E-state index contributed by atoms with van der Waals surface area (Å²) in [4.78, 5) is 10.3. The smallest absolute Gasteiger partial charge is 0.111 e. The van der Waals surface area contributed by atoms with Gasteiger partial charge in [-0.25, -0.2) is 4.98 Å². The van der Waals surface area contributed by atoms with Crippen LogP contribution in [0.25, 0.3) is 11.0 Å². The second-order valence-corrected chi connectivity index (χ2v) is 6.04. The molecule has 21 heavy (non-hydrogen) atoms. The first kappa shape index (κ1) is 14.2. The van der Waals surface area contributed by atoms with Gasteiger partial charge in [0.2, 0.25) is 0 Å². The maximum absolute atomic E-state index is 4.84. The number of aromatic nitrogens is 3. The highest BCUT2D eigenvalue weighted by Gasteiger charge is 2.17. The van der Waals surface area contributed by atoms with Gasteiger partial charge in [-0.05, 0) is 25.6 Å². The van der Waals surface area contributed by atoms with Crippen molar-refractivity contribution >= 4 is 22.4 Å². The number of rotatable bonds is 6. The summed E-state index contributed by atoms with van der Waals surface area (Å²) in [6, 6.07) is 8.64. The number of aryl methyl sites for hydroxylation is 1. The highest BCUT2D eigenvalue weighted by molar-refractivity contribution is 7.09. The lowest BCUT2D eigenvalue weighted by atomic mass is 10.2. The lowest BCUT2D eigenvalue weighted by Gasteiger charge is -2.15. The molecule has 2 aromatic heterocycles. The molecule has 2 heterocycles. The minimum Gasteiger partial charge on any atom is -0.328 e. The van der Waals surface area contributed by atoms with Crippen LogP contribution in [-0.2, 0) is 13.0 Å². The van der Waals surface area contributed by atoms with Crippen molar-refractivity contribution in [2.45, 2.75) is 32.4 Å². The molecule has 0 saturated carbocycles. The molecule has 3 rings (SSSR count). The first-order valence-electron chi connectivity index (χ1n) is 7.33. The van der Waals surface area contributed by atoms with Crippen LogP contribution in [0.3, 0.4) is 0 Å². The van der Waals surface area contributed by atoms with Gasteiger partial charge in [-0.15, -0.1) is 11.3 Å². The average Bonchev–Trinajstić information content (AvgIpc) is 3.14. The fraction of sp³-hybridized carbons (Fsp3) is 0.375. The topological polar surface area (TPSA) is 42.7 Å². The Bertz CT molecular complexity index is 702. The van der Waals surface area contributed by atoms with Gasteiger partial charge in [-0.3, -0.25) is 4.98 Å². The summed E-state index contributed by atoms with van der Waals surface area (Å²) in [5, 5.41) is 3.38. The van der Waals surface area contributed by atoms with Crippen LogP contribution in [0.5, 0.6) is 0 Å². The number of benzene rings is 1. The number of thiazole rings is 1. The van der Waals surface area contributed by atoms with E-state index < -0.39 is 0 Å². The van der Waals surface area contributed by atoms with Gasteiger partial charge in [0.05, 0.1) is 16.5 Å². The summed E-state index contributed by atoms with van der Waals surface area (Å²) >= 11 is 1.69. The molecule has 3 aromatic rings. The van der Waals surface area contributed by atoms with Gasteiger partial charge >= 0.3 is 0 Å². The van der Waals surface area contributed by atoms with Crippen LogP contribution in [-0.4, -0.2) is 21.6 Å². The van der Waals surface area contributed by atoms with Crippen LogP contribution in [0.15, 0.2) is 36.0 Å². The van der Waals surface area contributed by atoms with Crippen molar-refractivity contribution in [1.29, 1.82) is 0 Å². The fourth-order valence-corrected chi connectivity index (χ4v) is 3.41. The summed E-state index contributed by atoms with van der Waals surface area (Å²) in [7, 11) is 2.00. The Morgan fingerprint density at radius 1 is 1.33 bits per heavy atom. The van der Waals surface area contributed by atoms with E-state index in [4.69, 9.17) is 4.98 Å². The maximum atomic E-state index is 4.84. The van der Waals surface area contributed by atoms with Crippen LogP contribution in [0.2, 0.25) is 0 Å². The van der Waals surface area contributed by atoms with Gasteiger partial charge in [0.1, 0.15) is 5.82 Å². The second-order valence-electron chi connectivity index (χ2n) is 5.12. The molecule has 0 aliphatic carbocycles. The normalized spacial score (nSPS) is 12.9. The second kappa shape index (κ2) is 6.37. The average molecular weight is 300 g/mol. The summed E-state index contributed by atoms with van der Waals surface area (Å²) in [5.74, 6) is 1.14. The number of imidazole rings is 1. The number of hydrogen-bond donors (Lipinski definition) is 1. The van der Waals surface area contributed by atoms with Crippen molar-refractivity contribution in [3.05, 3.63) is 46.7 Å². The van der Waals surface area contributed by atoms with E-state index in [-0.39, 0.29) is 6.04 Å². The molecule has 0 fully saturated rings. The Morgan fingerprint density at radius 2 is 2.19 bits per heavy atom. The molecule has 4 nitrogen and oxygen atoms in total. The predicted octanol–water partition coefficient (Wildman–Crippen LogP) is 3.41. The fourth-order valence-electron chi connectivity index (χ4n) is 2.68. The number of hydrogen-bond acceptors (Lipinski definition) is 4. The molecule has 1 N–H and O–H groups in total. The van der Waals surface area contributed by atoms with E-state index >= 15 is 0 Å². The van der Waals surface area contributed by atoms with E-state index in [1.54, 1.807) is 11.3 Å². The highest BCUT2D eigenvalue weighted by Crippen LogP contribution is 2.24.